The number of nitrogens with one attached hydrogen (secondary N) is 10. The van der Waals surface area contributed by atoms with E-state index in [1.165, 1.54) is 12.1 Å². The maximum atomic E-state index is 12.3. The number of nitrogens with two attached hydrogens (primary N) is 1. The molecule has 0 fully saturated rings. The molecule has 35 heteroatoms. The molecule has 4 rings (SSSR count). The number of amides is 3. The first kappa shape index (κ1) is 71.3. The van der Waals surface area contributed by atoms with Crippen LogP contribution in [-0.4, -0.2) is 103 Å². The van der Waals surface area contributed by atoms with Crippen molar-refractivity contribution in [2.24, 2.45) is 0 Å². The highest BCUT2D eigenvalue weighted by Gasteiger charge is 2.40. The molecule has 0 saturated carbocycles. The molecule has 16 N–H and O–H groups in total. The van der Waals surface area contributed by atoms with Crippen molar-refractivity contribution in [3.63, 3.8) is 0 Å². The van der Waals surface area contributed by atoms with Gasteiger partial charge in [0.15, 0.2) is 0 Å². The lowest BCUT2D eigenvalue weighted by Crippen LogP contribution is -2.48. The fraction of sp³-hybridized carbons (Fsp3) is 0.349. The van der Waals surface area contributed by atoms with Crippen LogP contribution in [0.25, 0.3) is 0 Å². The normalized spacial score (nSPS) is 10.9. The Morgan fingerprint density at radius 2 is 0.821 bits per heavy atom. The third-order valence-electron chi connectivity index (χ3n) is 8.82. The summed E-state index contributed by atoms with van der Waals surface area (Å²) in [6, 6.07) is 27.0. The number of carbonyl (C=O) groups excluding carboxylic acids is 3. The minimum Gasteiger partial charge on any atom is -0.437 e. The number of nitrogen functional groups attached to an aromatic ring is 1. The Hall–Kier alpha value is -6.74. The van der Waals surface area contributed by atoms with E-state index in [4.69, 9.17) is 31.2 Å². The number of halogens is 12. The monoisotopic (exact) mass is 1130 g/mol. The molecule has 4 aromatic rings. The summed E-state index contributed by atoms with van der Waals surface area (Å²) in [5.74, 6) is -6.16. The van der Waals surface area contributed by atoms with Crippen LogP contribution in [0.5, 0.6) is 0 Å². The molecule has 0 aromatic heterocycles. The van der Waals surface area contributed by atoms with Crippen LogP contribution >= 0.6 is 0 Å². The van der Waals surface area contributed by atoms with E-state index in [2.05, 4.69) is 31.8 Å². The molecule has 0 aliphatic carbocycles. The van der Waals surface area contributed by atoms with Crippen LogP contribution in [-0.2, 0) is 40.6 Å². The highest BCUT2D eigenvalue weighted by atomic mass is 19.4. The third kappa shape index (κ3) is 34.1. The molecule has 0 saturated heterocycles. The Bertz CT molecular complexity index is 2350. The van der Waals surface area contributed by atoms with E-state index < -0.39 is 76.3 Å². The molecule has 0 aliphatic heterocycles. The Labute approximate surface area is 442 Å². The van der Waals surface area contributed by atoms with Crippen molar-refractivity contribution in [2.75, 3.05) is 28.1 Å². The van der Waals surface area contributed by atoms with Crippen molar-refractivity contribution >= 4 is 74.4 Å². The lowest BCUT2D eigenvalue weighted by Gasteiger charge is -2.24. The Morgan fingerprint density at radius 1 is 0.513 bits per heavy atom. The van der Waals surface area contributed by atoms with Crippen molar-refractivity contribution in [1.29, 1.82) is 5.41 Å². The summed E-state index contributed by atoms with van der Waals surface area (Å²) in [6.07, 6.45) is -19.2. The summed E-state index contributed by atoms with van der Waals surface area (Å²) in [4.78, 5) is 32.2. The summed E-state index contributed by atoms with van der Waals surface area (Å²) < 4.78 is 141. The molecule has 78 heavy (non-hydrogen) atoms. The molecule has 19 nitrogen and oxygen atoms in total. The first-order chi connectivity index (χ1) is 35.9. The number of hydrogen-bond donors (Lipinski definition) is 15. The van der Waals surface area contributed by atoms with E-state index in [1.807, 2.05) is 29.7 Å². The van der Waals surface area contributed by atoms with Gasteiger partial charge in [-0.15, -0.1) is 0 Å². The van der Waals surface area contributed by atoms with Gasteiger partial charge in [-0.05, 0) is 112 Å². The van der Waals surface area contributed by atoms with Gasteiger partial charge in [-0.25, -0.2) is 0 Å². The Balaban J connectivity index is 0.000000985. The number of nitrogens with zero attached hydrogens (tertiary/aromatic N) is 1. The minimum atomic E-state index is -4.93. The molecule has 0 unspecified atom stereocenters. The molecule has 0 bridgehead atoms. The van der Waals surface area contributed by atoms with E-state index in [0.29, 0.717) is 50.2 Å². The summed E-state index contributed by atoms with van der Waals surface area (Å²) in [6.45, 7) is 10.5. The van der Waals surface area contributed by atoms with E-state index in [1.54, 1.807) is 106 Å². The number of benzene rings is 4. The lowest BCUT2D eigenvalue weighted by molar-refractivity contribution is -0.173. The highest BCUT2D eigenvalue weighted by Crippen LogP contribution is 2.20. The van der Waals surface area contributed by atoms with Crippen molar-refractivity contribution < 1.29 is 87.2 Å². The molecule has 430 valence electrons. The number of anilines is 4. The minimum absolute atomic E-state index is 0.176. The van der Waals surface area contributed by atoms with Crippen LogP contribution in [0.2, 0.25) is 27.3 Å². The molecule has 0 spiro atoms. The highest BCUT2D eigenvalue weighted by molar-refractivity contribution is 6.46. The van der Waals surface area contributed by atoms with Gasteiger partial charge in [0.25, 0.3) is 0 Å². The zero-order valence-corrected chi connectivity index (χ0v) is 42.7. The van der Waals surface area contributed by atoms with Gasteiger partial charge in [-0.3, -0.25) is 46.5 Å². The first-order valence-corrected chi connectivity index (χ1v) is 22.8. The van der Waals surface area contributed by atoms with Crippen LogP contribution in [0.3, 0.4) is 0 Å². The Kier molecular flexibility index (Phi) is 31.9. The quantitative estimate of drug-likeness (QED) is 0.0190. The van der Waals surface area contributed by atoms with Crippen LogP contribution in [0.15, 0.2) is 97.1 Å². The summed E-state index contributed by atoms with van der Waals surface area (Å²) >= 11 is 0. The number of alkyl halides is 12. The molecular formula is C43H60B4F12N12O7. The average molecular weight is 1130 g/mol. The molecule has 0 aliphatic rings. The van der Waals surface area contributed by atoms with E-state index in [9.17, 15) is 67.1 Å². The number of hydrazine groups is 3. The van der Waals surface area contributed by atoms with Gasteiger partial charge in [0.1, 0.15) is 5.71 Å². The average Bonchev–Trinajstić information content (AvgIpc) is 3.34. The number of hydrogen-bond acceptors (Lipinski definition) is 16. The summed E-state index contributed by atoms with van der Waals surface area (Å²) in [5, 5.41) is 54.4. The van der Waals surface area contributed by atoms with Gasteiger partial charge in [0.2, 0.25) is 0 Å². The topological polar surface area (TPSA) is 294 Å². The standard InChI is InChI=1S/C12H17BF3N3O2.2C10H13BF3N3O2.C8H13BN2O.C3H4F3N/c1-3-19(18-11(20)12(14,15)16)10-6-4-5-9(7-10)8-17-13(2)21;2*1-11(19)15-6-7-3-2-4-8(5-7)16-17-9(18)10(12,13)14;1-9(12)11-6-7-3-2-4-8(10)5-7;1-2(7)3(4,5)6/h4-7,17,21H,3,8H2,1-2H3,(H,18,20);2*2-5,15-16,19H,6H2,1H3,(H,17,18);2-5,11-12H,6,10H2,1H3;7H,1H3. The van der Waals surface area contributed by atoms with Crippen molar-refractivity contribution in [1.82, 2.24) is 37.2 Å². The third-order valence-corrected chi connectivity index (χ3v) is 8.82. The summed E-state index contributed by atoms with van der Waals surface area (Å²) in [7, 11) is -2.56. The van der Waals surface area contributed by atoms with E-state index >= 15 is 0 Å². The van der Waals surface area contributed by atoms with Crippen LogP contribution in [0, 0.1) is 5.41 Å². The molecule has 0 atom stereocenters. The predicted molar refractivity (Wildman–Crippen MR) is 275 cm³/mol. The van der Waals surface area contributed by atoms with Gasteiger partial charge in [0.05, 0.1) is 17.1 Å². The van der Waals surface area contributed by atoms with Crippen molar-refractivity contribution in [3.8, 4) is 0 Å². The Morgan fingerprint density at radius 3 is 1.12 bits per heavy atom. The second kappa shape index (κ2) is 34.9. The van der Waals surface area contributed by atoms with Gasteiger partial charge < -0.3 is 52.2 Å². The van der Waals surface area contributed by atoms with E-state index in [0.717, 1.165) is 33.0 Å². The first-order valence-electron chi connectivity index (χ1n) is 22.8. The number of rotatable bonds is 19. The van der Waals surface area contributed by atoms with E-state index in [-0.39, 0.29) is 6.54 Å². The molecule has 3 amide bonds. The molecule has 4 aromatic carbocycles. The van der Waals surface area contributed by atoms with Gasteiger partial charge in [0, 0.05) is 38.4 Å². The smallest absolute Gasteiger partial charge is 0.437 e. The second-order valence-electron chi connectivity index (χ2n) is 16.0. The van der Waals surface area contributed by atoms with Gasteiger partial charge >= 0.3 is 70.6 Å². The van der Waals surface area contributed by atoms with Gasteiger partial charge in [-0.1, -0.05) is 48.5 Å². The predicted octanol–water partition coefficient (Wildman–Crippen LogP) is 5.15. The van der Waals surface area contributed by atoms with Crippen LogP contribution in [0.1, 0.15) is 36.1 Å². The maximum absolute atomic E-state index is 12.3. The molecule has 0 radical (unpaired) electrons. The fourth-order valence-corrected chi connectivity index (χ4v) is 5.03. The number of carbonyl (C=O) groups is 3. The molecular weight excluding hydrogens is 1070 g/mol. The van der Waals surface area contributed by atoms with Crippen molar-refractivity contribution in [2.45, 2.75) is 92.0 Å². The van der Waals surface area contributed by atoms with Crippen LogP contribution < -0.4 is 58.8 Å². The maximum Gasteiger partial charge on any atom is 0.472 e. The SMILES string of the molecule is CB(O)NCc1cccc(N)c1.CB(O)NCc1cccc(NNC(=O)C(F)(F)F)c1.CB(O)NCc1cccc(NNC(=O)C(F)(F)F)c1.CC(=N)C(F)(F)F.CCN(NC(=O)C(F)(F)F)c1cccc(CNB(C)O)c1. The second-order valence-corrected chi connectivity index (χ2v) is 16.0. The van der Waals surface area contributed by atoms with Crippen LogP contribution in [0.4, 0.5) is 75.4 Å². The zero-order chi connectivity index (χ0) is 60.0. The molecule has 0 heterocycles. The largest absolute Gasteiger partial charge is 0.472 e. The fourth-order valence-electron chi connectivity index (χ4n) is 5.03. The van der Waals surface area contributed by atoms with Gasteiger partial charge in [-0.2, -0.15) is 52.7 Å². The lowest BCUT2D eigenvalue weighted by atomic mass is 9.88. The summed E-state index contributed by atoms with van der Waals surface area (Å²) in [5.41, 5.74) is 18.7. The van der Waals surface area contributed by atoms with Crippen molar-refractivity contribution in [3.05, 3.63) is 119 Å². The zero-order valence-electron chi connectivity index (χ0n) is 42.7.